The Morgan fingerprint density at radius 1 is 1.06 bits per heavy atom. The number of β-amino-alcohol motifs (C(OH)–C–C–N with tert-alkyl or cyclic N) is 1. The number of benzene rings is 1. The van der Waals surface area contributed by atoms with Gasteiger partial charge in [0.1, 0.15) is 0 Å². The molecule has 1 N–H and O–H groups in total. The Hall–Kier alpha value is -0.860. The molecule has 1 atom stereocenters. The van der Waals surface area contributed by atoms with E-state index in [2.05, 4.69) is 17.0 Å². The minimum atomic E-state index is -0.222. The number of nitrogens with zero attached hydrogens (tertiary/aromatic N) is 1. The van der Waals surface area contributed by atoms with E-state index in [-0.39, 0.29) is 6.10 Å². The summed E-state index contributed by atoms with van der Waals surface area (Å²) in [6, 6.07) is 10.2. The summed E-state index contributed by atoms with van der Waals surface area (Å²) in [5.74, 6) is 0. The van der Waals surface area contributed by atoms with Gasteiger partial charge in [-0.05, 0) is 37.9 Å². The van der Waals surface area contributed by atoms with Crippen molar-refractivity contribution < 1.29 is 5.11 Å². The van der Waals surface area contributed by atoms with Crippen molar-refractivity contribution in [2.75, 3.05) is 19.6 Å². The molecule has 1 aromatic rings. The van der Waals surface area contributed by atoms with Crippen LogP contribution in [0.15, 0.2) is 30.3 Å². The molecule has 0 bridgehead atoms. The monoisotopic (exact) mass is 219 g/mol. The van der Waals surface area contributed by atoms with Crippen LogP contribution < -0.4 is 0 Å². The van der Waals surface area contributed by atoms with Gasteiger partial charge >= 0.3 is 0 Å². The van der Waals surface area contributed by atoms with E-state index in [4.69, 9.17) is 0 Å². The predicted molar refractivity (Wildman–Crippen MR) is 66.4 cm³/mol. The SMILES string of the molecule is OC(Cc1ccccc1)CN1CCCCC1. The van der Waals surface area contributed by atoms with Crippen molar-refractivity contribution in [1.29, 1.82) is 0 Å². The number of piperidine rings is 1. The maximum atomic E-state index is 10.0. The van der Waals surface area contributed by atoms with Crippen LogP contribution in [0.5, 0.6) is 0 Å². The number of rotatable bonds is 4. The van der Waals surface area contributed by atoms with Gasteiger partial charge in [-0.3, -0.25) is 0 Å². The molecule has 1 unspecified atom stereocenters. The summed E-state index contributed by atoms with van der Waals surface area (Å²) in [4.78, 5) is 2.39. The van der Waals surface area contributed by atoms with E-state index >= 15 is 0 Å². The van der Waals surface area contributed by atoms with Crippen LogP contribution in [0, 0.1) is 0 Å². The van der Waals surface area contributed by atoms with Gasteiger partial charge in [-0.25, -0.2) is 0 Å². The van der Waals surface area contributed by atoms with E-state index in [1.54, 1.807) is 0 Å². The van der Waals surface area contributed by atoms with E-state index in [0.29, 0.717) is 0 Å². The molecule has 2 rings (SSSR count). The maximum absolute atomic E-state index is 10.0. The Morgan fingerprint density at radius 2 is 1.75 bits per heavy atom. The summed E-state index contributed by atoms with van der Waals surface area (Å²) >= 11 is 0. The fourth-order valence-electron chi connectivity index (χ4n) is 2.39. The van der Waals surface area contributed by atoms with Crippen LogP contribution in [0.1, 0.15) is 24.8 Å². The second-order valence-corrected chi connectivity index (χ2v) is 4.70. The standard InChI is InChI=1S/C14H21NO/c16-14(11-13-7-3-1-4-8-13)12-15-9-5-2-6-10-15/h1,3-4,7-8,14,16H,2,5-6,9-12H2. The lowest BCUT2D eigenvalue weighted by atomic mass is 10.1. The average molecular weight is 219 g/mol. The highest BCUT2D eigenvalue weighted by Crippen LogP contribution is 2.10. The smallest absolute Gasteiger partial charge is 0.0707 e. The lowest BCUT2D eigenvalue weighted by molar-refractivity contribution is 0.101. The molecular weight excluding hydrogens is 198 g/mol. The molecule has 0 aliphatic carbocycles. The first-order valence-electron chi connectivity index (χ1n) is 6.29. The molecule has 2 heteroatoms. The van der Waals surface area contributed by atoms with Gasteiger partial charge in [0.25, 0.3) is 0 Å². The zero-order chi connectivity index (χ0) is 11.2. The lowest BCUT2D eigenvalue weighted by Gasteiger charge is -2.28. The van der Waals surface area contributed by atoms with E-state index < -0.39 is 0 Å². The van der Waals surface area contributed by atoms with Crippen LogP contribution in [-0.2, 0) is 6.42 Å². The number of hydrogen-bond acceptors (Lipinski definition) is 2. The van der Waals surface area contributed by atoms with Crippen LogP contribution in [0.2, 0.25) is 0 Å². The molecule has 88 valence electrons. The van der Waals surface area contributed by atoms with Crippen molar-refractivity contribution in [3.63, 3.8) is 0 Å². The van der Waals surface area contributed by atoms with Crippen molar-refractivity contribution in [3.8, 4) is 0 Å². The van der Waals surface area contributed by atoms with Crippen LogP contribution >= 0.6 is 0 Å². The van der Waals surface area contributed by atoms with Gasteiger partial charge in [-0.1, -0.05) is 36.8 Å². The van der Waals surface area contributed by atoms with Crippen molar-refractivity contribution in [2.24, 2.45) is 0 Å². The highest BCUT2D eigenvalue weighted by Gasteiger charge is 2.14. The normalized spacial score (nSPS) is 19.6. The Morgan fingerprint density at radius 3 is 2.44 bits per heavy atom. The van der Waals surface area contributed by atoms with Gasteiger partial charge in [0.15, 0.2) is 0 Å². The molecule has 0 saturated carbocycles. The Kier molecular flexibility index (Phi) is 4.37. The zero-order valence-corrected chi connectivity index (χ0v) is 9.81. The molecule has 1 heterocycles. The lowest BCUT2D eigenvalue weighted by Crippen LogP contribution is -2.37. The molecule has 2 nitrogen and oxygen atoms in total. The minimum Gasteiger partial charge on any atom is -0.391 e. The fourth-order valence-corrected chi connectivity index (χ4v) is 2.39. The minimum absolute atomic E-state index is 0.222. The van der Waals surface area contributed by atoms with Gasteiger partial charge in [-0.15, -0.1) is 0 Å². The first-order valence-corrected chi connectivity index (χ1v) is 6.29. The molecular formula is C14H21NO. The molecule has 0 radical (unpaired) electrons. The number of aliphatic hydroxyl groups is 1. The number of aliphatic hydroxyl groups excluding tert-OH is 1. The van der Waals surface area contributed by atoms with Crippen molar-refractivity contribution in [2.45, 2.75) is 31.8 Å². The number of likely N-dealkylation sites (tertiary alicyclic amines) is 1. The van der Waals surface area contributed by atoms with Crippen molar-refractivity contribution >= 4 is 0 Å². The Bertz CT molecular complexity index is 293. The molecule has 1 saturated heterocycles. The van der Waals surface area contributed by atoms with Gasteiger partial charge in [0.2, 0.25) is 0 Å². The molecule has 1 fully saturated rings. The zero-order valence-electron chi connectivity index (χ0n) is 9.81. The number of hydrogen-bond donors (Lipinski definition) is 1. The van der Waals surface area contributed by atoms with Crippen LogP contribution in [-0.4, -0.2) is 35.7 Å². The Labute approximate surface area is 97.9 Å². The molecule has 0 aromatic heterocycles. The highest BCUT2D eigenvalue weighted by atomic mass is 16.3. The molecule has 1 aliphatic heterocycles. The van der Waals surface area contributed by atoms with E-state index in [9.17, 15) is 5.11 Å². The van der Waals surface area contributed by atoms with Crippen LogP contribution in [0.3, 0.4) is 0 Å². The summed E-state index contributed by atoms with van der Waals surface area (Å²) in [6.45, 7) is 3.15. The van der Waals surface area contributed by atoms with Gasteiger partial charge in [-0.2, -0.15) is 0 Å². The third-order valence-corrected chi connectivity index (χ3v) is 3.23. The van der Waals surface area contributed by atoms with E-state index in [1.807, 2.05) is 18.2 Å². The van der Waals surface area contributed by atoms with Crippen molar-refractivity contribution in [3.05, 3.63) is 35.9 Å². The largest absolute Gasteiger partial charge is 0.391 e. The third-order valence-electron chi connectivity index (χ3n) is 3.23. The molecule has 0 amide bonds. The van der Waals surface area contributed by atoms with Crippen LogP contribution in [0.25, 0.3) is 0 Å². The second kappa shape index (κ2) is 6.02. The first kappa shape index (κ1) is 11.6. The van der Waals surface area contributed by atoms with E-state index in [1.165, 1.54) is 24.8 Å². The third kappa shape index (κ3) is 3.62. The summed E-state index contributed by atoms with van der Waals surface area (Å²) < 4.78 is 0. The van der Waals surface area contributed by atoms with Gasteiger partial charge in [0, 0.05) is 6.54 Å². The Balaban J connectivity index is 1.77. The fraction of sp³-hybridized carbons (Fsp3) is 0.571. The summed E-state index contributed by atoms with van der Waals surface area (Å²) in [5, 5.41) is 10.0. The van der Waals surface area contributed by atoms with Crippen LogP contribution in [0.4, 0.5) is 0 Å². The molecule has 0 spiro atoms. The van der Waals surface area contributed by atoms with Gasteiger partial charge < -0.3 is 10.0 Å². The van der Waals surface area contributed by atoms with E-state index in [0.717, 1.165) is 26.1 Å². The van der Waals surface area contributed by atoms with Gasteiger partial charge in [0.05, 0.1) is 6.10 Å². The first-order chi connectivity index (χ1) is 7.84. The average Bonchev–Trinajstić information content (AvgIpc) is 2.31. The van der Waals surface area contributed by atoms with Crippen molar-refractivity contribution in [1.82, 2.24) is 4.90 Å². The summed E-state index contributed by atoms with van der Waals surface area (Å²) in [5.41, 5.74) is 1.23. The summed E-state index contributed by atoms with van der Waals surface area (Å²) in [7, 11) is 0. The quantitative estimate of drug-likeness (QED) is 0.838. The predicted octanol–water partition coefficient (Wildman–Crippen LogP) is 2.08. The molecule has 1 aromatic carbocycles. The highest BCUT2D eigenvalue weighted by molar-refractivity contribution is 5.15. The second-order valence-electron chi connectivity index (χ2n) is 4.70. The summed E-state index contributed by atoms with van der Waals surface area (Å²) in [6.07, 6.45) is 4.49. The molecule has 16 heavy (non-hydrogen) atoms. The topological polar surface area (TPSA) is 23.5 Å². The molecule has 1 aliphatic rings. The maximum Gasteiger partial charge on any atom is 0.0707 e.